The molecule has 0 amide bonds. The minimum Gasteiger partial charge on any atom is -0.351 e. The number of rotatable bonds is 3. The van der Waals surface area contributed by atoms with Crippen molar-refractivity contribution in [2.24, 2.45) is 0 Å². The second-order valence-corrected chi connectivity index (χ2v) is 8.50. The van der Waals surface area contributed by atoms with Crippen LogP contribution in [0.15, 0.2) is 54.7 Å². The number of hydrogen-bond donors (Lipinski definition) is 1. The van der Waals surface area contributed by atoms with Crippen LogP contribution < -0.4 is 10.2 Å². The summed E-state index contributed by atoms with van der Waals surface area (Å²) in [5, 5.41) is 4.27. The highest BCUT2D eigenvalue weighted by Gasteiger charge is 2.41. The number of aromatic nitrogens is 1. The number of hydrogen-bond acceptors (Lipinski definition) is 3. The van der Waals surface area contributed by atoms with Crippen molar-refractivity contribution >= 4 is 34.4 Å². The summed E-state index contributed by atoms with van der Waals surface area (Å²) >= 11 is 7.58. The fourth-order valence-electron chi connectivity index (χ4n) is 3.62. The van der Waals surface area contributed by atoms with Crippen molar-refractivity contribution in [3.8, 4) is 0 Å². The van der Waals surface area contributed by atoms with E-state index in [0.29, 0.717) is 0 Å². The van der Waals surface area contributed by atoms with Gasteiger partial charge in [-0.15, -0.1) is 11.3 Å². The smallest absolute Gasteiger partial charge is 0.174 e. The summed E-state index contributed by atoms with van der Waals surface area (Å²) in [6, 6.07) is 17.2. The van der Waals surface area contributed by atoms with Crippen LogP contribution in [0.3, 0.4) is 0 Å². The van der Waals surface area contributed by atoms with Crippen LogP contribution in [0.5, 0.6) is 0 Å². The molecule has 26 heavy (non-hydrogen) atoms. The first-order valence-corrected chi connectivity index (χ1v) is 9.91. The first-order valence-electron chi connectivity index (χ1n) is 8.68. The molecule has 0 unspecified atom stereocenters. The van der Waals surface area contributed by atoms with Gasteiger partial charge in [0, 0.05) is 21.6 Å². The van der Waals surface area contributed by atoms with E-state index >= 15 is 0 Å². The van der Waals surface area contributed by atoms with Gasteiger partial charge in [0.2, 0.25) is 0 Å². The third-order valence-electron chi connectivity index (χ3n) is 4.64. The van der Waals surface area contributed by atoms with Crippen LogP contribution >= 0.6 is 23.6 Å². The van der Waals surface area contributed by atoms with E-state index in [1.54, 1.807) is 0 Å². The lowest BCUT2D eigenvalue weighted by Crippen LogP contribution is -2.29. The average molecular weight is 380 g/mol. The number of pyridine rings is 1. The van der Waals surface area contributed by atoms with E-state index in [4.69, 9.17) is 12.2 Å². The van der Waals surface area contributed by atoms with E-state index in [0.717, 1.165) is 16.5 Å². The molecule has 2 aromatic heterocycles. The van der Waals surface area contributed by atoms with Crippen molar-refractivity contribution in [2.45, 2.75) is 32.9 Å². The molecule has 0 saturated carbocycles. The molecule has 0 bridgehead atoms. The summed E-state index contributed by atoms with van der Waals surface area (Å²) in [6.07, 6.45) is 1.84. The Morgan fingerprint density at radius 1 is 1.04 bits per heavy atom. The first kappa shape index (κ1) is 17.2. The predicted molar refractivity (Wildman–Crippen MR) is 113 cm³/mol. The highest BCUT2D eigenvalue weighted by molar-refractivity contribution is 7.80. The van der Waals surface area contributed by atoms with E-state index in [1.807, 2.05) is 29.7 Å². The summed E-state index contributed by atoms with van der Waals surface area (Å²) < 4.78 is 0. The summed E-state index contributed by atoms with van der Waals surface area (Å²) in [4.78, 5) is 9.45. The standard InChI is InChI=1S/C21H21N3S2/c1-13-10-14(2)12-16(11-13)24-20(18-8-7-15(3)26-18)19(23-21(24)25)17-6-4-5-9-22-17/h4-12,19-20H,1-3H3,(H,23,25)/t19-,20+/m1/s1. The van der Waals surface area contributed by atoms with Crippen molar-refractivity contribution < 1.29 is 0 Å². The minimum absolute atomic E-state index is 0.0302. The van der Waals surface area contributed by atoms with Crippen LogP contribution in [0.1, 0.15) is 38.7 Å². The van der Waals surface area contributed by atoms with Crippen molar-refractivity contribution in [1.82, 2.24) is 10.3 Å². The van der Waals surface area contributed by atoms with Crippen molar-refractivity contribution in [3.05, 3.63) is 81.3 Å². The van der Waals surface area contributed by atoms with Gasteiger partial charge in [-0.3, -0.25) is 4.98 Å². The molecule has 0 radical (unpaired) electrons. The largest absolute Gasteiger partial charge is 0.351 e. The lowest BCUT2D eigenvalue weighted by Gasteiger charge is -2.27. The van der Waals surface area contributed by atoms with Gasteiger partial charge in [-0.2, -0.15) is 0 Å². The van der Waals surface area contributed by atoms with Gasteiger partial charge in [-0.1, -0.05) is 12.1 Å². The number of benzene rings is 1. The molecule has 5 heteroatoms. The Morgan fingerprint density at radius 3 is 2.42 bits per heavy atom. The van der Waals surface area contributed by atoms with Gasteiger partial charge in [-0.05, 0) is 80.5 Å². The Labute approximate surface area is 163 Å². The van der Waals surface area contributed by atoms with Gasteiger partial charge >= 0.3 is 0 Å². The Morgan fingerprint density at radius 2 is 1.81 bits per heavy atom. The normalized spacial score (nSPS) is 19.7. The maximum absolute atomic E-state index is 5.76. The molecule has 4 rings (SSSR count). The Bertz CT molecular complexity index is 929. The lowest BCUT2D eigenvalue weighted by molar-refractivity contribution is 0.575. The van der Waals surface area contributed by atoms with E-state index in [1.165, 1.54) is 20.9 Å². The molecule has 1 saturated heterocycles. The van der Waals surface area contributed by atoms with Gasteiger partial charge in [0.1, 0.15) is 0 Å². The van der Waals surface area contributed by atoms with Gasteiger partial charge in [0.05, 0.1) is 17.8 Å². The number of anilines is 1. The first-order chi connectivity index (χ1) is 12.5. The second-order valence-electron chi connectivity index (χ2n) is 6.79. The predicted octanol–water partition coefficient (Wildman–Crippen LogP) is 5.25. The molecule has 2 atom stereocenters. The van der Waals surface area contributed by atoms with Gasteiger partial charge < -0.3 is 10.2 Å². The topological polar surface area (TPSA) is 28.2 Å². The summed E-state index contributed by atoms with van der Waals surface area (Å²) in [5.74, 6) is 0. The number of thiophene rings is 1. The number of nitrogens with one attached hydrogen (secondary N) is 1. The summed E-state index contributed by atoms with van der Waals surface area (Å²) in [7, 11) is 0. The maximum Gasteiger partial charge on any atom is 0.174 e. The van der Waals surface area contributed by atoms with Gasteiger partial charge in [0.15, 0.2) is 5.11 Å². The third kappa shape index (κ3) is 3.13. The molecular weight excluding hydrogens is 358 g/mol. The number of thiocarbonyl (C=S) groups is 1. The number of nitrogens with zero attached hydrogens (tertiary/aromatic N) is 2. The third-order valence-corrected chi connectivity index (χ3v) is 6.02. The second kappa shape index (κ2) is 6.82. The van der Waals surface area contributed by atoms with Crippen molar-refractivity contribution in [2.75, 3.05) is 4.90 Å². The van der Waals surface area contributed by atoms with Gasteiger partial charge in [0.25, 0.3) is 0 Å². The minimum atomic E-state index is 0.0302. The van der Waals surface area contributed by atoms with Crippen LogP contribution in [0, 0.1) is 20.8 Å². The SMILES string of the molecule is Cc1cc(C)cc(N2C(=S)N[C@H](c3ccccn3)[C@@H]2c2ccc(C)s2)c1. The zero-order valence-electron chi connectivity index (χ0n) is 15.1. The van der Waals surface area contributed by atoms with Crippen LogP contribution in [-0.4, -0.2) is 10.1 Å². The van der Waals surface area contributed by atoms with E-state index in [2.05, 4.69) is 72.4 Å². The zero-order chi connectivity index (χ0) is 18.3. The monoisotopic (exact) mass is 379 g/mol. The van der Waals surface area contributed by atoms with Gasteiger partial charge in [-0.25, -0.2) is 0 Å². The fourth-order valence-corrected chi connectivity index (χ4v) is 4.98. The summed E-state index contributed by atoms with van der Waals surface area (Å²) in [5.41, 5.74) is 4.63. The summed E-state index contributed by atoms with van der Waals surface area (Å²) in [6.45, 7) is 6.40. The highest BCUT2D eigenvalue weighted by atomic mass is 32.1. The lowest BCUT2D eigenvalue weighted by atomic mass is 10.0. The van der Waals surface area contributed by atoms with Crippen molar-refractivity contribution in [1.29, 1.82) is 0 Å². The molecule has 1 aromatic carbocycles. The molecule has 0 spiro atoms. The molecule has 3 aromatic rings. The number of aryl methyl sites for hydroxylation is 3. The van der Waals surface area contributed by atoms with Crippen LogP contribution in [0.4, 0.5) is 5.69 Å². The van der Waals surface area contributed by atoms with Crippen LogP contribution in [-0.2, 0) is 0 Å². The molecule has 1 N–H and O–H groups in total. The van der Waals surface area contributed by atoms with Crippen LogP contribution in [0.25, 0.3) is 0 Å². The molecule has 3 heterocycles. The molecule has 1 fully saturated rings. The molecule has 1 aliphatic heterocycles. The molecule has 0 aliphatic carbocycles. The highest BCUT2D eigenvalue weighted by Crippen LogP contribution is 2.43. The quantitative estimate of drug-likeness (QED) is 0.630. The van der Waals surface area contributed by atoms with E-state index in [-0.39, 0.29) is 12.1 Å². The molecule has 1 aliphatic rings. The zero-order valence-corrected chi connectivity index (χ0v) is 16.7. The fraction of sp³-hybridized carbons (Fsp3) is 0.238. The van der Waals surface area contributed by atoms with Crippen molar-refractivity contribution in [3.63, 3.8) is 0 Å². The molecule has 132 valence electrons. The Kier molecular flexibility index (Phi) is 4.51. The average Bonchev–Trinajstić information content (AvgIpc) is 3.18. The Balaban J connectivity index is 1.85. The Hall–Kier alpha value is -2.24. The molecular formula is C21H21N3S2. The van der Waals surface area contributed by atoms with E-state index in [9.17, 15) is 0 Å². The van der Waals surface area contributed by atoms with Crippen LogP contribution in [0.2, 0.25) is 0 Å². The van der Waals surface area contributed by atoms with E-state index < -0.39 is 0 Å². The molecule has 3 nitrogen and oxygen atoms in total. The maximum atomic E-state index is 5.76.